The SMILES string of the molecule is COCCCNC(=O)c1cc2c3c(ccc2o1)OCO3. The number of hydrogen-bond acceptors (Lipinski definition) is 5. The molecule has 0 spiro atoms. The van der Waals surface area contributed by atoms with E-state index in [2.05, 4.69) is 5.32 Å². The van der Waals surface area contributed by atoms with Crippen molar-refractivity contribution in [3.8, 4) is 11.5 Å². The molecule has 20 heavy (non-hydrogen) atoms. The zero-order valence-electron chi connectivity index (χ0n) is 11.1. The molecule has 2 heterocycles. The van der Waals surface area contributed by atoms with Gasteiger partial charge in [-0.25, -0.2) is 0 Å². The number of rotatable bonds is 5. The van der Waals surface area contributed by atoms with Crippen LogP contribution in [0.1, 0.15) is 17.0 Å². The smallest absolute Gasteiger partial charge is 0.287 e. The van der Waals surface area contributed by atoms with Gasteiger partial charge in [0.1, 0.15) is 5.58 Å². The van der Waals surface area contributed by atoms with E-state index in [1.165, 1.54) is 0 Å². The molecule has 6 heteroatoms. The Morgan fingerprint density at radius 1 is 1.40 bits per heavy atom. The first kappa shape index (κ1) is 12.8. The number of hydrogen-bond donors (Lipinski definition) is 1. The fourth-order valence-electron chi connectivity index (χ4n) is 2.10. The van der Waals surface area contributed by atoms with Gasteiger partial charge in [0.05, 0.1) is 5.39 Å². The van der Waals surface area contributed by atoms with Gasteiger partial charge in [0.2, 0.25) is 6.79 Å². The van der Waals surface area contributed by atoms with E-state index < -0.39 is 0 Å². The molecule has 0 radical (unpaired) electrons. The fraction of sp³-hybridized carbons (Fsp3) is 0.357. The van der Waals surface area contributed by atoms with Crippen molar-refractivity contribution in [2.45, 2.75) is 6.42 Å². The molecule has 1 N–H and O–H groups in total. The summed E-state index contributed by atoms with van der Waals surface area (Å²) in [5.74, 6) is 1.32. The highest BCUT2D eigenvalue weighted by atomic mass is 16.7. The van der Waals surface area contributed by atoms with Crippen molar-refractivity contribution in [2.75, 3.05) is 27.1 Å². The van der Waals surface area contributed by atoms with Gasteiger partial charge >= 0.3 is 0 Å². The molecule has 1 aromatic heterocycles. The normalized spacial score (nSPS) is 12.8. The van der Waals surface area contributed by atoms with Crippen LogP contribution in [0.4, 0.5) is 0 Å². The van der Waals surface area contributed by atoms with Crippen LogP contribution in [0.2, 0.25) is 0 Å². The van der Waals surface area contributed by atoms with Crippen molar-refractivity contribution in [3.63, 3.8) is 0 Å². The summed E-state index contributed by atoms with van der Waals surface area (Å²) in [6.45, 7) is 1.35. The lowest BCUT2D eigenvalue weighted by Crippen LogP contribution is -2.24. The molecular formula is C14H15NO5. The second-order valence-electron chi connectivity index (χ2n) is 4.42. The first-order valence-corrected chi connectivity index (χ1v) is 6.39. The van der Waals surface area contributed by atoms with Gasteiger partial charge in [-0.2, -0.15) is 0 Å². The molecule has 0 atom stereocenters. The number of fused-ring (bicyclic) bond motifs is 3. The molecule has 6 nitrogen and oxygen atoms in total. The summed E-state index contributed by atoms with van der Waals surface area (Å²) in [7, 11) is 1.63. The Balaban J connectivity index is 1.77. The molecule has 0 bridgehead atoms. The predicted molar refractivity (Wildman–Crippen MR) is 71.2 cm³/mol. The summed E-state index contributed by atoms with van der Waals surface area (Å²) < 4.78 is 21.1. The Labute approximate surface area is 115 Å². The van der Waals surface area contributed by atoms with Crippen LogP contribution in [0.15, 0.2) is 22.6 Å². The van der Waals surface area contributed by atoms with Crippen LogP contribution >= 0.6 is 0 Å². The Bertz CT molecular complexity index is 634. The number of ether oxygens (including phenoxy) is 3. The number of carbonyl (C=O) groups excluding carboxylic acids is 1. The van der Waals surface area contributed by atoms with Gasteiger partial charge in [0.25, 0.3) is 5.91 Å². The molecule has 0 unspecified atom stereocenters. The lowest BCUT2D eigenvalue weighted by Gasteiger charge is -2.01. The van der Waals surface area contributed by atoms with Crippen LogP contribution in [-0.4, -0.2) is 33.0 Å². The minimum absolute atomic E-state index is 0.193. The third-order valence-corrected chi connectivity index (χ3v) is 3.07. The molecule has 0 saturated carbocycles. The Hall–Kier alpha value is -2.21. The number of nitrogens with one attached hydrogen (secondary N) is 1. The number of methoxy groups -OCH3 is 1. The highest BCUT2D eigenvalue weighted by molar-refractivity contribution is 5.98. The van der Waals surface area contributed by atoms with Crippen LogP contribution in [-0.2, 0) is 4.74 Å². The predicted octanol–water partition coefficient (Wildman–Crippen LogP) is 1.93. The van der Waals surface area contributed by atoms with Crippen molar-refractivity contribution in [2.24, 2.45) is 0 Å². The first-order valence-electron chi connectivity index (χ1n) is 6.39. The topological polar surface area (TPSA) is 69.9 Å². The first-order chi connectivity index (χ1) is 9.79. The average molecular weight is 277 g/mol. The van der Waals surface area contributed by atoms with Crippen LogP contribution in [0.25, 0.3) is 11.0 Å². The summed E-state index contributed by atoms with van der Waals surface area (Å²) in [4.78, 5) is 12.0. The maximum atomic E-state index is 12.0. The third-order valence-electron chi connectivity index (χ3n) is 3.07. The van der Waals surface area contributed by atoms with Gasteiger partial charge in [-0.15, -0.1) is 0 Å². The lowest BCUT2D eigenvalue weighted by atomic mass is 10.2. The van der Waals surface area contributed by atoms with Crippen molar-refractivity contribution in [1.82, 2.24) is 5.32 Å². The largest absolute Gasteiger partial charge is 0.454 e. The summed E-state index contributed by atoms with van der Waals surface area (Å²) >= 11 is 0. The van der Waals surface area contributed by atoms with Crippen molar-refractivity contribution in [1.29, 1.82) is 0 Å². The molecule has 2 aromatic rings. The number of benzene rings is 1. The zero-order chi connectivity index (χ0) is 13.9. The van der Waals surface area contributed by atoms with Gasteiger partial charge in [-0.05, 0) is 18.6 Å². The van der Waals surface area contributed by atoms with E-state index in [4.69, 9.17) is 18.6 Å². The van der Waals surface area contributed by atoms with E-state index in [0.29, 0.717) is 30.2 Å². The number of carbonyl (C=O) groups is 1. The lowest BCUT2D eigenvalue weighted by molar-refractivity contribution is 0.0923. The van der Waals surface area contributed by atoms with Gasteiger partial charge < -0.3 is 23.9 Å². The maximum Gasteiger partial charge on any atom is 0.287 e. The summed E-state index contributed by atoms with van der Waals surface area (Å²) in [5, 5.41) is 3.53. The third kappa shape index (κ3) is 2.30. The quantitative estimate of drug-likeness (QED) is 0.846. The second kappa shape index (κ2) is 5.42. The fourth-order valence-corrected chi connectivity index (χ4v) is 2.10. The summed E-state index contributed by atoms with van der Waals surface area (Å²) in [6, 6.07) is 5.22. The molecule has 106 valence electrons. The van der Waals surface area contributed by atoms with E-state index in [1.54, 1.807) is 25.3 Å². The van der Waals surface area contributed by atoms with E-state index in [1.807, 2.05) is 0 Å². The Morgan fingerprint density at radius 2 is 2.30 bits per heavy atom. The molecule has 3 rings (SSSR count). The van der Waals surface area contributed by atoms with Crippen LogP contribution < -0.4 is 14.8 Å². The summed E-state index contributed by atoms with van der Waals surface area (Å²) in [5.41, 5.74) is 0.608. The molecule has 0 aliphatic carbocycles. The minimum atomic E-state index is -0.245. The maximum absolute atomic E-state index is 12.0. The van der Waals surface area contributed by atoms with E-state index >= 15 is 0 Å². The highest BCUT2D eigenvalue weighted by Crippen LogP contribution is 2.40. The van der Waals surface area contributed by atoms with Gasteiger partial charge in [0, 0.05) is 26.3 Å². The van der Waals surface area contributed by atoms with Gasteiger partial charge in [-0.1, -0.05) is 0 Å². The van der Waals surface area contributed by atoms with E-state index in [0.717, 1.165) is 11.8 Å². The minimum Gasteiger partial charge on any atom is -0.454 e. The van der Waals surface area contributed by atoms with E-state index in [-0.39, 0.29) is 18.5 Å². The average Bonchev–Trinajstić information content (AvgIpc) is 3.07. The van der Waals surface area contributed by atoms with Crippen LogP contribution in [0.3, 0.4) is 0 Å². The molecule has 1 aliphatic heterocycles. The Morgan fingerprint density at radius 3 is 3.15 bits per heavy atom. The molecular weight excluding hydrogens is 262 g/mol. The van der Waals surface area contributed by atoms with Crippen molar-refractivity contribution in [3.05, 3.63) is 24.0 Å². The van der Waals surface area contributed by atoms with E-state index in [9.17, 15) is 4.79 Å². The number of amides is 1. The molecule has 0 saturated heterocycles. The monoisotopic (exact) mass is 277 g/mol. The second-order valence-corrected chi connectivity index (χ2v) is 4.42. The van der Waals surface area contributed by atoms with Crippen molar-refractivity contribution < 1.29 is 23.4 Å². The zero-order valence-corrected chi connectivity index (χ0v) is 11.1. The molecule has 0 fully saturated rings. The Kier molecular flexibility index (Phi) is 3.47. The van der Waals surface area contributed by atoms with Gasteiger partial charge in [-0.3, -0.25) is 4.79 Å². The number of furan rings is 1. The standard InChI is InChI=1S/C14H15NO5/c1-17-6-2-5-15-14(16)12-7-9-10(20-12)3-4-11-13(9)19-8-18-11/h3-4,7H,2,5-6,8H2,1H3,(H,15,16). The highest BCUT2D eigenvalue weighted by Gasteiger charge is 2.21. The molecule has 1 amide bonds. The molecule has 1 aliphatic rings. The van der Waals surface area contributed by atoms with Crippen LogP contribution in [0, 0.1) is 0 Å². The summed E-state index contributed by atoms with van der Waals surface area (Å²) in [6.07, 6.45) is 0.759. The van der Waals surface area contributed by atoms with Crippen molar-refractivity contribution >= 4 is 16.9 Å². The van der Waals surface area contributed by atoms with Gasteiger partial charge in [0.15, 0.2) is 17.3 Å². The van der Waals surface area contributed by atoms with Crippen LogP contribution in [0.5, 0.6) is 11.5 Å². The molecule has 1 aromatic carbocycles.